The molecule has 1 aromatic rings. The van der Waals surface area contributed by atoms with Gasteiger partial charge in [0, 0.05) is 6.54 Å². The van der Waals surface area contributed by atoms with Gasteiger partial charge in [0.2, 0.25) is 0 Å². The number of carboxylic acids is 1. The highest BCUT2D eigenvalue weighted by Crippen LogP contribution is 2.04. The largest absolute Gasteiger partial charge is 0.480 e. The zero-order valence-electron chi connectivity index (χ0n) is 12.8. The number of nitrogens with one attached hydrogen (secondary N) is 1. The summed E-state index contributed by atoms with van der Waals surface area (Å²) in [6, 6.07) is 8.13. The fraction of sp³-hybridized carbons (Fsp3) is 0.400. The SMILES string of the molecule is NC(N)=NCCCCC(NC(=O)OCc1ccccc1)C(=O)O. The van der Waals surface area contributed by atoms with Gasteiger partial charge in [-0.25, -0.2) is 9.59 Å². The summed E-state index contributed by atoms with van der Waals surface area (Å²) in [6.07, 6.45) is 0.704. The molecule has 8 heteroatoms. The number of guanidine groups is 1. The van der Waals surface area contributed by atoms with E-state index in [4.69, 9.17) is 21.3 Å². The summed E-state index contributed by atoms with van der Waals surface area (Å²) in [6.45, 7) is 0.511. The lowest BCUT2D eigenvalue weighted by atomic mass is 10.1. The van der Waals surface area contributed by atoms with Crippen LogP contribution in [0.5, 0.6) is 0 Å². The molecule has 0 aliphatic rings. The summed E-state index contributed by atoms with van der Waals surface area (Å²) in [5.41, 5.74) is 11.2. The van der Waals surface area contributed by atoms with Crippen LogP contribution in [0.4, 0.5) is 4.79 Å². The Balaban J connectivity index is 2.32. The number of aliphatic carboxylic acids is 1. The van der Waals surface area contributed by atoms with E-state index < -0.39 is 18.1 Å². The third kappa shape index (κ3) is 8.30. The molecule has 0 spiro atoms. The molecule has 1 atom stereocenters. The molecule has 1 rings (SSSR count). The maximum absolute atomic E-state index is 11.7. The van der Waals surface area contributed by atoms with Crippen LogP contribution < -0.4 is 16.8 Å². The highest BCUT2D eigenvalue weighted by atomic mass is 16.5. The molecule has 0 saturated heterocycles. The van der Waals surface area contributed by atoms with Crippen LogP contribution in [0.15, 0.2) is 35.3 Å². The molecular weight excluding hydrogens is 300 g/mol. The molecule has 0 aliphatic heterocycles. The summed E-state index contributed by atoms with van der Waals surface area (Å²) in [4.78, 5) is 26.6. The second-order valence-electron chi connectivity index (χ2n) is 4.90. The number of rotatable bonds is 9. The van der Waals surface area contributed by atoms with Gasteiger partial charge in [-0.05, 0) is 24.8 Å². The number of nitrogens with two attached hydrogens (primary N) is 2. The molecule has 6 N–H and O–H groups in total. The summed E-state index contributed by atoms with van der Waals surface area (Å²) in [5.74, 6) is -1.11. The molecule has 0 radical (unpaired) electrons. The Morgan fingerprint density at radius 1 is 1.22 bits per heavy atom. The zero-order chi connectivity index (χ0) is 17.1. The van der Waals surface area contributed by atoms with Crippen LogP contribution in [0.1, 0.15) is 24.8 Å². The van der Waals surface area contributed by atoms with Crippen molar-refractivity contribution >= 4 is 18.0 Å². The fourth-order valence-corrected chi connectivity index (χ4v) is 1.83. The van der Waals surface area contributed by atoms with Crippen LogP contribution in [0, 0.1) is 0 Å². The Kier molecular flexibility index (Phi) is 7.98. The van der Waals surface area contributed by atoms with Crippen molar-refractivity contribution in [2.75, 3.05) is 6.54 Å². The van der Waals surface area contributed by atoms with E-state index in [-0.39, 0.29) is 19.0 Å². The predicted octanol–water partition coefficient (Wildman–Crippen LogP) is 0.810. The van der Waals surface area contributed by atoms with Crippen LogP contribution in [0.25, 0.3) is 0 Å². The van der Waals surface area contributed by atoms with Crippen LogP contribution in [-0.4, -0.2) is 35.7 Å². The van der Waals surface area contributed by atoms with Crippen molar-refractivity contribution in [2.45, 2.75) is 31.9 Å². The van der Waals surface area contributed by atoms with E-state index in [1.165, 1.54) is 0 Å². The van der Waals surface area contributed by atoms with Crippen LogP contribution in [-0.2, 0) is 16.1 Å². The molecule has 23 heavy (non-hydrogen) atoms. The Morgan fingerprint density at radius 2 is 1.91 bits per heavy atom. The topological polar surface area (TPSA) is 140 Å². The van der Waals surface area contributed by atoms with Gasteiger partial charge in [0.1, 0.15) is 12.6 Å². The van der Waals surface area contributed by atoms with E-state index >= 15 is 0 Å². The lowest BCUT2D eigenvalue weighted by molar-refractivity contribution is -0.139. The molecule has 0 saturated carbocycles. The van der Waals surface area contributed by atoms with Crippen LogP contribution in [0.3, 0.4) is 0 Å². The van der Waals surface area contributed by atoms with E-state index in [1.54, 1.807) is 0 Å². The molecule has 126 valence electrons. The summed E-state index contributed by atoms with van der Waals surface area (Å²) < 4.78 is 5.00. The summed E-state index contributed by atoms with van der Waals surface area (Å²) >= 11 is 0. The number of aliphatic imine (C=N–C) groups is 1. The summed E-state index contributed by atoms with van der Waals surface area (Å²) in [7, 11) is 0. The number of unbranched alkanes of at least 4 members (excludes halogenated alkanes) is 1. The number of carbonyl (C=O) groups is 2. The van der Waals surface area contributed by atoms with Gasteiger partial charge in [-0.3, -0.25) is 4.99 Å². The lowest BCUT2D eigenvalue weighted by Crippen LogP contribution is -2.41. The third-order valence-corrected chi connectivity index (χ3v) is 3.00. The Hall–Kier alpha value is -2.77. The van der Waals surface area contributed by atoms with Crippen LogP contribution in [0.2, 0.25) is 0 Å². The standard InChI is InChI=1S/C15H22N4O4/c16-14(17)18-9-5-4-8-12(13(20)21)19-15(22)23-10-11-6-2-1-3-7-11/h1-3,6-7,12H,4-5,8-10H2,(H,19,22)(H,20,21)(H4,16,17,18). The quantitative estimate of drug-likeness (QED) is 0.301. The number of benzene rings is 1. The molecule has 0 fully saturated rings. The lowest BCUT2D eigenvalue weighted by Gasteiger charge is -2.14. The van der Waals surface area contributed by atoms with Crippen molar-refractivity contribution in [1.29, 1.82) is 0 Å². The van der Waals surface area contributed by atoms with E-state index in [0.29, 0.717) is 19.4 Å². The maximum atomic E-state index is 11.7. The number of nitrogens with zero attached hydrogens (tertiary/aromatic N) is 1. The first-order valence-electron chi connectivity index (χ1n) is 7.24. The van der Waals surface area contributed by atoms with Gasteiger partial charge >= 0.3 is 12.1 Å². The molecule has 0 bridgehead atoms. The van der Waals surface area contributed by atoms with Gasteiger partial charge in [-0.1, -0.05) is 30.3 Å². The third-order valence-electron chi connectivity index (χ3n) is 3.00. The smallest absolute Gasteiger partial charge is 0.408 e. The van der Waals surface area contributed by atoms with Gasteiger partial charge in [-0.2, -0.15) is 0 Å². The molecule has 1 amide bonds. The average molecular weight is 322 g/mol. The van der Waals surface area contributed by atoms with Crippen molar-refractivity contribution in [2.24, 2.45) is 16.5 Å². The van der Waals surface area contributed by atoms with E-state index in [9.17, 15) is 9.59 Å². The maximum Gasteiger partial charge on any atom is 0.408 e. The number of hydrogen-bond acceptors (Lipinski definition) is 4. The van der Waals surface area contributed by atoms with E-state index in [2.05, 4.69) is 10.3 Å². The van der Waals surface area contributed by atoms with Crippen molar-refractivity contribution in [3.63, 3.8) is 0 Å². The van der Waals surface area contributed by atoms with Crippen LogP contribution >= 0.6 is 0 Å². The molecule has 1 unspecified atom stereocenters. The van der Waals surface area contributed by atoms with Gasteiger partial charge < -0.3 is 26.6 Å². The number of ether oxygens (including phenoxy) is 1. The number of carboxylic acid groups (broad SMARTS) is 1. The van der Waals surface area contributed by atoms with Crippen molar-refractivity contribution < 1.29 is 19.4 Å². The average Bonchev–Trinajstić information content (AvgIpc) is 2.52. The Bertz CT molecular complexity index is 530. The predicted molar refractivity (Wildman–Crippen MR) is 85.7 cm³/mol. The number of alkyl carbamates (subject to hydrolysis) is 1. The molecule has 0 heterocycles. The number of carbonyl (C=O) groups excluding carboxylic acids is 1. The van der Waals surface area contributed by atoms with E-state index in [0.717, 1.165) is 5.56 Å². The van der Waals surface area contributed by atoms with Crippen molar-refractivity contribution in [3.05, 3.63) is 35.9 Å². The van der Waals surface area contributed by atoms with Gasteiger partial charge in [0.25, 0.3) is 0 Å². The van der Waals surface area contributed by atoms with Gasteiger partial charge in [0.15, 0.2) is 5.96 Å². The minimum absolute atomic E-state index is 0.00222. The second kappa shape index (κ2) is 10.0. The van der Waals surface area contributed by atoms with E-state index in [1.807, 2.05) is 30.3 Å². The van der Waals surface area contributed by atoms with Crippen molar-refractivity contribution in [3.8, 4) is 0 Å². The minimum Gasteiger partial charge on any atom is -0.480 e. The summed E-state index contributed by atoms with van der Waals surface area (Å²) in [5, 5.41) is 11.5. The minimum atomic E-state index is -1.11. The first-order chi connectivity index (χ1) is 11.0. The Morgan fingerprint density at radius 3 is 2.52 bits per heavy atom. The zero-order valence-corrected chi connectivity index (χ0v) is 12.8. The molecule has 0 aromatic heterocycles. The molecule has 8 nitrogen and oxygen atoms in total. The number of hydrogen-bond donors (Lipinski definition) is 4. The highest BCUT2D eigenvalue weighted by Gasteiger charge is 2.20. The van der Waals surface area contributed by atoms with Crippen molar-refractivity contribution in [1.82, 2.24) is 5.32 Å². The normalized spacial score (nSPS) is 11.3. The number of amides is 1. The van der Waals surface area contributed by atoms with Gasteiger partial charge in [-0.15, -0.1) is 0 Å². The molecule has 0 aliphatic carbocycles. The Labute approximate surface area is 134 Å². The fourth-order valence-electron chi connectivity index (χ4n) is 1.83. The monoisotopic (exact) mass is 322 g/mol. The highest BCUT2D eigenvalue weighted by molar-refractivity contribution is 5.79. The first-order valence-corrected chi connectivity index (χ1v) is 7.24. The first kappa shape index (κ1) is 18.3. The van der Waals surface area contributed by atoms with Gasteiger partial charge in [0.05, 0.1) is 0 Å². The molecular formula is C15H22N4O4. The second-order valence-corrected chi connectivity index (χ2v) is 4.90. The molecule has 1 aromatic carbocycles.